The summed E-state index contributed by atoms with van der Waals surface area (Å²) in [6.07, 6.45) is 4.35. The molecule has 0 bridgehead atoms. The van der Waals surface area contributed by atoms with Crippen LogP contribution in [0, 0.1) is 0 Å². The van der Waals surface area contributed by atoms with E-state index in [4.69, 9.17) is 0 Å². The van der Waals surface area contributed by atoms with E-state index in [-0.39, 0.29) is 5.41 Å². The molecule has 20 heavy (non-hydrogen) atoms. The Morgan fingerprint density at radius 2 is 1.95 bits per heavy atom. The van der Waals surface area contributed by atoms with Crippen molar-refractivity contribution in [1.82, 2.24) is 10.2 Å². The lowest BCUT2D eigenvalue weighted by atomic mass is 9.77. The number of benzene rings is 1. The number of nitrogens with zero attached hydrogens (tertiary/aromatic N) is 1. The van der Waals surface area contributed by atoms with Gasteiger partial charge in [-0.15, -0.1) is 0 Å². The van der Waals surface area contributed by atoms with Gasteiger partial charge in [0, 0.05) is 25.7 Å². The molecule has 3 heteroatoms. The highest BCUT2D eigenvalue weighted by Crippen LogP contribution is 2.42. The lowest BCUT2D eigenvalue weighted by Crippen LogP contribution is -2.56. The van der Waals surface area contributed by atoms with E-state index in [2.05, 4.69) is 41.4 Å². The van der Waals surface area contributed by atoms with E-state index in [9.17, 15) is 4.79 Å². The normalized spacial score (nSPS) is 25.6. The second kappa shape index (κ2) is 5.57. The third-order valence-corrected chi connectivity index (χ3v) is 4.85. The zero-order valence-corrected chi connectivity index (χ0v) is 12.3. The lowest BCUT2D eigenvalue weighted by Gasteiger charge is -2.39. The van der Waals surface area contributed by atoms with Crippen LogP contribution in [0.25, 0.3) is 0 Å². The Kier molecular flexibility index (Phi) is 3.79. The van der Waals surface area contributed by atoms with Gasteiger partial charge in [0.15, 0.2) is 0 Å². The van der Waals surface area contributed by atoms with Crippen LogP contribution in [-0.4, -0.2) is 36.5 Å². The molecule has 3 nitrogen and oxygen atoms in total. The predicted octanol–water partition coefficient (Wildman–Crippen LogP) is 2.32. The second-order valence-corrected chi connectivity index (χ2v) is 6.26. The summed E-state index contributed by atoms with van der Waals surface area (Å²) in [4.78, 5) is 15.2. The molecule has 1 aliphatic heterocycles. The average molecular weight is 272 g/mol. The molecule has 1 aliphatic carbocycles. The van der Waals surface area contributed by atoms with Crippen molar-refractivity contribution in [1.29, 1.82) is 0 Å². The molecule has 1 atom stereocenters. The average Bonchev–Trinajstić information content (AvgIpc) is 2.98. The SMILES string of the molecule is CC1CN(C(=O)C2(c3ccccc3)CCCC2)CCN1. The van der Waals surface area contributed by atoms with Crippen LogP contribution in [0.4, 0.5) is 0 Å². The zero-order valence-electron chi connectivity index (χ0n) is 12.3. The van der Waals surface area contributed by atoms with E-state index in [1.807, 2.05) is 6.07 Å². The monoisotopic (exact) mass is 272 g/mol. The molecule has 1 N–H and O–H groups in total. The molecule has 108 valence electrons. The van der Waals surface area contributed by atoms with Crippen molar-refractivity contribution in [3.05, 3.63) is 35.9 Å². The molecule has 0 aromatic heterocycles. The third-order valence-electron chi connectivity index (χ3n) is 4.85. The summed E-state index contributed by atoms with van der Waals surface area (Å²) in [7, 11) is 0. The molecule has 1 saturated carbocycles. The first-order valence-electron chi connectivity index (χ1n) is 7.81. The van der Waals surface area contributed by atoms with E-state index >= 15 is 0 Å². The van der Waals surface area contributed by atoms with Gasteiger partial charge in [0.1, 0.15) is 0 Å². The molecule has 2 aliphatic rings. The Morgan fingerprint density at radius 3 is 2.60 bits per heavy atom. The van der Waals surface area contributed by atoms with Gasteiger partial charge in [0.25, 0.3) is 0 Å². The molecule has 1 aromatic carbocycles. The summed E-state index contributed by atoms with van der Waals surface area (Å²) in [6, 6.07) is 10.8. The van der Waals surface area contributed by atoms with Gasteiger partial charge in [0.2, 0.25) is 5.91 Å². The quantitative estimate of drug-likeness (QED) is 0.896. The largest absolute Gasteiger partial charge is 0.339 e. The van der Waals surface area contributed by atoms with Gasteiger partial charge >= 0.3 is 0 Å². The molecule has 3 rings (SSSR count). The van der Waals surface area contributed by atoms with Crippen LogP contribution in [-0.2, 0) is 10.2 Å². The number of rotatable bonds is 2. The topological polar surface area (TPSA) is 32.3 Å². The van der Waals surface area contributed by atoms with E-state index < -0.39 is 0 Å². The van der Waals surface area contributed by atoms with E-state index in [1.165, 1.54) is 18.4 Å². The number of hydrogen-bond acceptors (Lipinski definition) is 2. The van der Waals surface area contributed by atoms with E-state index in [0.717, 1.165) is 32.5 Å². The summed E-state index contributed by atoms with van der Waals surface area (Å²) in [5, 5.41) is 3.42. The number of hydrogen-bond donors (Lipinski definition) is 1. The first-order chi connectivity index (χ1) is 9.72. The molecule has 1 amide bonds. The first kappa shape index (κ1) is 13.6. The van der Waals surface area contributed by atoms with Gasteiger partial charge in [-0.25, -0.2) is 0 Å². The summed E-state index contributed by atoms with van der Waals surface area (Å²) in [6.45, 7) is 4.76. The first-order valence-corrected chi connectivity index (χ1v) is 7.81. The highest BCUT2D eigenvalue weighted by Gasteiger charge is 2.45. The Hall–Kier alpha value is -1.35. The highest BCUT2D eigenvalue weighted by atomic mass is 16.2. The van der Waals surface area contributed by atoms with Crippen molar-refractivity contribution in [3.8, 4) is 0 Å². The van der Waals surface area contributed by atoms with Crippen LogP contribution >= 0.6 is 0 Å². The number of nitrogens with one attached hydrogen (secondary N) is 1. The fourth-order valence-electron chi connectivity index (χ4n) is 3.78. The highest BCUT2D eigenvalue weighted by molar-refractivity contribution is 5.88. The second-order valence-electron chi connectivity index (χ2n) is 6.26. The van der Waals surface area contributed by atoms with Crippen molar-refractivity contribution in [2.24, 2.45) is 0 Å². The Balaban J connectivity index is 1.89. The van der Waals surface area contributed by atoms with Crippen LogP contribution in [0.1, 0.15) is 38.2 Å². The Labute approximate surface area is 121 Å². The van der Waals surface area contributed by atoms with Crippen LogP contribution < -0.4 is 5.32 Å². The Morgan fingerprint density at radius 1 is 1.25 bits per heavy atom. The number of amides is 1. The van der Waals surface area contributed by atoms with E-state index in [0.29, 0.717) is 11.9 Å². The van der Waals surface area contributed by atoms with Crippen LogP contribution in [0.3, 0.4) is 0 Å². The van der Waals surface area contributed by atoms with Crippen LogP contribution in [0.15, 0.2) is 30.3 Å². The lowest BCUT2D eigenvalue weighted by molar-refractivity contribution is -0.138. The van der Waals surface area contributed by atoms with Crippen LogP contribution in [0.2, 0.25) is 0 Å². The number of piperazine rings is 1. The van der Waals surface area contributed by atoms with Gasteiger partial charge in [-0.2, -0.15) is 0 Å². The number of carbonyl (C=O) groups is 1. The van der Waals surface area contributed by atoms with Gasteiger partial charge in [0.05, 0.1) is 5.41 Å². The molecule has 1 aromatic rings. The van der Waals surface area contributed by atoms with Gasteiger partial charge in [-0.05, 0) is 25.3 Å². The number of carbonyl (C=O) groups excluding carboxylic acids is 1. The fraction of sp³-hybridized carbons (Fsp3) is 0.588. The summed E-state index contributed by atoms with van der Waals surface area (Å²) in [5.41, 5.74) is 0.965. The smallest absolute Gasteiger partial charge is 0.233 e. The maximum Gasteiger partial charge on any atom is 0.233 e. The van der Waals surface area contributed by atoms with Gasteiger partial charge in [-0.1, -0.05) is 43.2 Å². The maximum absolute atomic E-state index is 13.2. The Bertz CT molecular complexity index is 465. The minimum atomic E-state index is -0.252. The predicted molar refractivity (Wildman–Crippen MR) is 80.6 cm³/mol. The van der Waals surface area contributed by atoms with Crippen molar-refractivity contribution < 1.29 is 4.79 Å². The van der Waals surface area contributed by atoms with Crippen molar-refractivity contribution in [2.75, 3.05) is 19.6 Å². The van der Waals surface area contributed by atoms with Gasteiger partial charge in [-0.3, -0.25) is 4.79 Å². The molecule has 1 unspecified atom stereocenters. The molecule has 1 heterocycles. The zero-order chi connectivity index (χ0) is 14.0. The van der Waals surface area contributed by atoms with Crippen molar-refractivity contribution in [2.45, 2.75) is 44.1 Å². The standard InChI is InChI=1S/C17H24N2O/c1-14-13-19(12-11-18-14)16(20)17(9-5-6-10-17)15-7-3-2-4-8-15/h2-4,7-8,14,18H,5-6,9-13H2,1H3. The molecule has 2 fully saturated rings. The maximum atomic E-state index is 13.2. The molecule has 0 radical (unpaired) electrons. The molecular formula is C17H24N2O. The minimum absolute atomic E-state index is 0.252. The van der Waals surface area contributed by atoms with E-state index in [1.54, 1.807) is 0 Å². The molecule has 0 spiro atoms. The van der Waals surface area contributed by atoms with Crippen LogP contribution in [0.5, 0.6) is 0 Å². The summed E-state index contributed by atoms with van der Waals surface area (Å²) in [5.74, 6) is 0.356. The minimum Gasteiger partial charge on any atom is -0.339 e. The summed E-state index contributed by atoms with van der Waals surface area (Å²) >= 11 is 0. The third kappa shape index (κ3) is 2.35. The fourth-order valence-corrected chi connectivity index (χ4v) is 3.78. The molecular weight excluding hydrogens is 248 g/mol. The molecule has 1 saturated heterocycles. The summed E-state index contributed by atoms with van der Waals surface area (Å²) < 4.78 is 0. The van der Waals surface area contributed by atoms with Gasteiger partial charge < -0.3 is 10.2 Å². The van der Waals surface area contributed by atoms with Crippen molar-refractivity contribution in [3.63, 3.8) is 0 Å². The van der Waals surface area contributed by atoms with Crippen molar-refractivity contribution >= 4 is 5.91 Å².